The molecule has 0 heterocycles. The van der Waals surface area contributed by atoms with Crippen molar-refractivity contribution in [3.05, 3.63) is 12.7 Å². The van der Waals surface area contributed by atoms with Gasteiger partial charge in [0.2, 0.25) is 0 Å². The van der Waals surface area contributed by atoms with E-state index in [1.54, 1.807) is 0 Å². The molecule has 0 rings (SSSR count). The number of nitrogens with zero attached hydrogens (tertiary/aromatic N) is 1. The molecule has 0 aliphatic carbocycles. The number of carbonyl (C=O) groups excluding carboxylic acids is 2. The fourth-order valence-corrected chi connectivity index (χ4v) is 0.101. The highest BCUT2D eigenvalue weighted by atomic mass is 16.7. The minimum absolute atomic E-state index is 0.770. The van der Waals surface area contributed by atoms with Gasteiger partial charge in [-0.3, -0.25) is 0 Å². The molecule has 0 aromatic heterocycles. The van der Waals surface area contributed by atoms with Crippen LogP contribution < -0.4 is 0 Å². The maximum Gasteiger partial charge on any atom is 0.359 e. The van der Waals surface area contributed by atoms with Gasteiger partial charge >= 0.3 is 5.97 Å². The third-order valence-electron chi connectivity index (χ3n) is 0.340. The summed E-state index contributed by atoms with van der Waals surface area (Å²) in [4.78, 5) is 23.0. The van der Waals surface area contributed by atoms with Crippen molar-refractivity contribution in [3.63, 3.8) is 0 Å². The van der Waals surface area contributed by atoms with Crippen molar-refractivity contribution < 1.29 is 14.4 Å². The summed E-state index contributed by atoms with van der Waals surface area (Å²) < 4.78 is 0. The fourth-order valence-electron chi connectivity index (χ4n) is 0.101. The Balaban J connectivity index is 3.55. The minimum Gasteiger partial charge on any atom is -0.302 e. The minimum atomic E-state index is -0.770. The van der Waals surface area contributed by atoms with Gasteiger partial charge in [0.15, 0.2) is 0 Å². The monoisotopic (exact) mass is 113 g/mol. The average molecular weight is 113 g/mol. The first-order valence-corrected chi connectivity index (χ1v) is 1.72. The Labute approximate surface area is 45.4 Å². The van der Waals surface area contributed by atoms with Crippen LogP contribution in [0.3, 0.4) is 0 Å². The smallest absolute Gasteiger partial charge is 0.302 e. The molecule has 8 heavy (non-hydrogen) atoms. The van der Waals surface area contributed by atoms with E-state index in [-0.39, 0.29) is 0 Å². The highest BCUT2D eigenvalue weighted by Gasteiger charge is 1.88. The average Bonchev–Trinajstić information content (AvgIpc) is 1.83. The topological polar surface area (TPSA) is 55.7 Å². The van der Waals surface area contributed by atoms with Crippen LogP contribution in [0.15, 0.2) is 17.8 Å². The maximum absolute atomic E-state index is 9.96. The van der Waals surface area contributed by atoms with E-state index in [2.05, 4.69) is 16.6 Å². The molecule has 0 aromatic carbocycles. The molecule has 42 valence electrons. The van der Waals surface area contributed by atoms with Gasteiger partial charge in [0.1, 0.15) is 0 Å². The number of carbonyl (C=O) groups is 1. The second-order valence-electron chi connectivity index (χ2n) is 0.797. The highest BCUT2D eigenvalue weighted by molar-refractivity contribution is 5.81. The zero-order chi connectivity index (χ0) is 6.41. The molecule has 0 amide bonds. The van der Waals surface area contributed by atoms with Gasteiger partial charge < -0.3 is 4.84 Å². The van der Waals surface area contributed by atoms with Gasteiger partial charge in [0.05, 0.1) is 0 Å². The molecule has 0 radical (unpaired) electrons. The van der Waals surface area contributed by atoms with Crippen LogP contribution >= 0.6 is 0 Å². The molecule has 0 aromatic rings. The van der Waals surface area contributed by atoms with E-state index in [1.807, 2.05) is 0 Å². The summed E-state index contributed by atoms with van der Waals surface area (Å²) in [6, 6.07) is 0. The van der Waals surface area contributed by atoms with Crippen LogP contribution in [0.4, 0.5) is 0 Å². The van der Waals surface area contributed by atoms with Crippen molar-refractivity contribution in [2.24, 2.45) is 5.16 Å². The molecular weight excluding hydrogens is 110 g/mol. The summed E-state index contributed by atoms with van der Waals surface area (Å²) in [6.07, 6.45) is 1.91. The van der Waals surface area contributed by atoms with Crippen molar-refractivity contribution in [1.29, 1.82) is 0 Å². The standard InChI is InChI=1S/C4H3NO3/c1-2-4(7)8-5-3-6/h2H,1H2. The normalized spacial score (nSPS) is 6.50. The third kappa shape index (κ3) is 2.81. The molecule has 0 saturated heterocycles. The Kier molecular flexibility index (Phi) is 3.10. The second-order valence-corrected chi connectivity index (χ2v) is 0.797. The highest BCUT2D eigenvalue weighted by Crippen LogP contribution is 1.75. The summed E-state index contributed by atoms with van der Waals surface area (Å²) in [6.45, 7) is 3.05. The lowest BCUT2D eigenvalue weighted by molar-refractivity contribution is -0.137. The molecule has 0 bridgehead atoms. The Morgan fingerprint density at radius 1 is 1.88 bits per heavy atom. The van der Waals surface area contributed by atoms with E-state index < -0.39 is 5.97 Å². The van der Waals surface area contributed by atoms with E-state index in [0.717, 1.165) is 12.2 Å². The van der Waals surface area contributed by atoms with Gasteiger partial charge in [-0.05, 0) is 0 Å². The summed E-state index contributed by atoms with van der Waals surface area (Å²) in [7, 11) is 0. The molecule has 0 atom stereocenters. The van der Waals surface area contributed by atoms with E-state index in [1.165, 1.54) is 0 Å². The van der Waals surface area contributed by atoms with Crippen LogP contribution in [0.1, 0.15) is 0 Å². The number of hydrogen-bond donors (Lipinski definition) is 0. The quantitative estimate of drug-likeness (QED) is 0.166. The van der Waals surface area contributed by atoms with Crippen LogP contribution in [-0.2, 0) is 14.4 Å². The van der Waals surface area contributed by atoms with E-state index in [4.69, 9.17) is 0 Å². The predicted molar refractivity (Wildman–Crippen MR) is 24.4 cm³/mol. The van der Waals surface area contributed by atoms with Crippen LogP contribution in [0.2, 0.25) is 0 Å². The van der Waals surface area contributed by atoms with Crippen LogP contribution in [0, 0.1) is 0 Å². The molecule has 0 aliphatic rings. The van der Waals surface area contributed by atoms with Gasteiger partial charge in [0.25, 0.3) is 6.08 Å². The Morgan fingerprint density at radius 2 is 2.50 bits per heavy atom. The lowest BCUT2D eigenvalue weighted by atomic mass is 10.7. The van der Waals surface area contributed by atoms with E-state index in [9.17, 15) is 9.59 Å². The fraction of sp³-hybridized carbons (Fsp3) is 0. The third-order valence-corrected chi connectivity index (χ3v) is 0.340. The van der Waals surface area contributed by atoms with Crippen molar-refractivity contribution in [2.75, 3.05) is 0 Å². The SMILES string of the molecule is C=CC(=O)ON=C=O. The number of hydrogen-bond acceptors (Lipinski definition) is 4. The first-order valence-electron chi connectivity index (χ1n) is 1.72. The first-order chi connectivity index (χ1) is 3.81. The number of isocyanates is 1. The molecule has 4 heteroatoms. The summed E-state index contributed by atoms with van der Waals surface area (Å²) in [5, 5.41) is 2.52. The van der Waals surface area contributed by atoms with Gasteiger partial charge in [-0.1, -0.05) is 6.58 Å². The van der Waals surface area contributed by atoms with Crippen LogP contribution in [-0.4, -0.2) is 12.0 Å². The van der Waals surface area contributed by atoms with Crippen LogP contribution in [0.5, 0.6) is 0 Å². The molecule has 0 fully saturated rings. The van der Waals surface area contributed by atoms with E-state index in [0.29, 0.717) is 0 Å². The maximum atomic E-state index is 9.96. The molecule has 0 aliphatic heterocycles. The van der Waals surface area contributed by atoms with Gasteiger partial charge in [0, 0.05) is 11.2 Å². The lowest BCUT2D eigenvalue weighted by Crippen LogP contribution is -1.91. The van der Waals surface area contributed by atoms with Crippen molar-refractivity contribution in [2.45, 2.75) is 0 Å². The Morgan fingerprint density at radius 3 is 2.88 bits per heavy atom. The Hall–Kier alpha value is -1.41. The largest absolute Gasteiger partial charge is 0.359 e. The molecule has 4 nitrogen and oxygen atoms in total. The molecule has 0 saturated carbocycles. The van der Waals surface area contributed by atoms with Gasteiger partial charge in [-0.25, -0.2) is 9.59 Å². The van der Waals surface area contributed by atoms with Gasteiger partial charge in [-0.2, -0.15) is 0 Å². The molecule has 0 unspecified atom stereocenters. The summed E-state index contributed by atoms with van der Waals surface area (Å²) in [5.41, 5.74) is 0. The molecule has 0 N–H and O–H groups in total. The second kappa shape index (κ2) is 3.77. The zero-order valence-electron chi connectivity index (χ0n) is 3.96. The van der Waals surface area contributed by atoms with Crippen LogP contribution in [0.25, 0.3) is 0 Å². The van der Waals surface area contributed by atoms with Gasteiger partial charge in [-0.15, -0.1) is 0 Å². The Bertz CT molecular complexity index is 145. The molecule has 0 spiro atoms. The van der Waals surface area contributed by atoms with E-state index >= 15 is 0 Å². The molecular formula is C4H3NO3. The van der Waals surface area contributed by atoms with Crippen molar-refractivity contribution in [1.82, 2.24) is 0 Å². The summed E-state index contributed by atoms with van der Waals surface area (Å²) >= 11 is 0. The lowest BCUT2D eigenvalue weighted by Gasteiger charge is -1.80. The summed E-state index contributed by atoms with van der Waals surface area (Å²) in [5.74, 6) is -0.770. The van der Waals surface area contributed by atoms with Crippen molar-refractivity contribution >= 4 is 12.0 Å². The van der Waals surface area contributed by atoms with Crippen molar-refractivity contribution in [3.8, 4) is 0 Å². The number of rotatable bonds is 2. The predicted octanol–water partition coefficient (Wildman–Crippen LogP) is -0.0336. The zero-order valence-corrected chi connectivity index (χ0v) is 3.96. The first kappa shape index (κ1) is 6.59.